The van der Waals surface area contributed by atoms with Crippen LogP contribution in [-0.4, -0.2) is 21.8 Å². The lowest BCUT2D eigenvalue weighted by molar-refractivity contribution is -0.136. The Kier molecular flexibility index (Phi) is 5.49. The fourth-order valence-corrected chi connectivity index (χ4v) is 5.38. The van der Waals surface area contributed by atoms with E-state index < -0.39 is 5.97 Å². The maximum absolute atomic E-state index is 10.6. The Morgan fingerprint density at radius 1 is 1.00 bits per heavy atom. The fraction of sp³-hybridized carbons (Fsp3) is 0.120. The van der Waals surface area contributed by atoms with Crippen LogP contribution in [0.3, 0.4) is 0 Å². The molecule has 5 rings (SSSR count). The van der Waals surface area contributed by atoms with Crippen LogP contribution in [-0.2, 0) is 10.5 Å². The molecule has 0 aliphatic rings. The van der Waals surface area contributed by atoms with E-state index in [9.17, 15) is 4.79 Å². The summed E-state index contributed by atoms with van der Waals surface area (Å²) in [4.78, 5) is 15.4. The predicted molar refractivity (Wildman–Crippen MR) is 129 cm³/mol. The quantitative estimate of drug-likeness (QED) is 0.271. The average molecular weight is 446 g/mol. The molecule has 0 spiro atoms. The molecule has 0 aliphatic carbocycles. The summed E-state index contributed by atoms with van der Waals surface area (Å²) in [5, 5.41) is 14.0. The molecule has 31 heavy (non-hydrogen) atoms. The molecule has 5 aromatic rings. The predicted octanol–water partition coefficient (Wildman–Crippen LogP) is 7.08. The molecule has 1 N–H and O–H groups in total. The molecule has 0 bridgehead atoms. The number of aromatic nitrogens is 1. The van der Waals surface area contributed by atoms with Crippen molar-refractivity contribution in [2.75, 3.05) is 5.75 Å². The highest BCUT2D eigenvalue weighted by atomic mass is 32.2. The van der Waals surface area contributed by atoms with Crippen molar-refractivity contribution in [1.29, 1.82) is 0 Å². The van der Waals surface area contributed by atoms with Crippen LogP contribution in [0.5, 0.6) is 0 Å². The maximum Gasteiger partial charge on any atom is 0.304 e. The van der Waals surface area contributed by atoms with Gasteiger partial charge in [0.15, 0.2) is 0 Å². The Balaban J connectivity index is 1.44. The molecule has 2 aromatic heterocycles. The van der Waals surface area contributed by atoms with Crippen LogP contribution in [0.15, 0.2) is 76.5 Å². The van der Waals surface area contributed by atoms with Crippen LogP contribution >= 0.6 is 23.1 Å². The first-order valence-corrected chi connectivity index (χ1v) is 12.0. The van der Waals surface area contributed by atoms with Crippen LogP contribution in [0.25, 0.3) is 43.6 Å². The third kappa shape index (κ3) is 4.09. The number of para-hydroxylation sites is 2. The number of furan rings is 1. The Hall–Kier alpha value is -3.09. The van der Waals surface area contributed by atoms with Crippen LogP contribution in [0, 0.1) is 0 Å². The van der Waals surface area contributed by atoms with Gasteiger partial charge in [-0.3, -0.25) is 4.79 Å². The molecule has 0 amide bonds. The minimum atomic E-state index is -0.761. The first-order valence-electron chi connectivity index (χ1n) is 9.94. The Morgan fingerprint density at radius 2 is 1.81 bits per heavy atom. The van der Waals surface area contributed by atoms with Crippen LogP contribution in [0.4, 0.5) is 0 Å². The SMILES string of the molecule is O=C(O)CCSCc1csc(-c2cccc(-c3cccc4c3oc3ccccc34)c2)n1. The molecule has 154 valence electrons. The van der Waals surface area contributed by atoms with E-state index in [-0.39, 0.29) is 6.42 Å². The summed E-state index contributed by atoms with van der Waals surface area (Å²) in [5.41, 5.74) is 6.01. The van der Waals surface area contributed by atoms with E-state index in [2.05, 4.69) is 53.9 Å². The first-order chi connectivity index (χ1) is 15.2. The molecule has 0 unspecified atom stereocenters. The van der Waals surface area contributed by atoms with E-state index in [1.807, 2.05) is 18.2 Å². The fourth-order valence-electron chi connectivity index (χ4n) is 3.64. The number of nitrogens with zero attached hydrogens (tertiary/aromatic N) is 1. The Labute approximate surface area is 187 Å². The monoisotopic (exact) mass is 445 g/mol. The van der Waals surface area contributed by atoms with Crippen molar-refractivity contribution in [2.24, 2.45) is 0 Å². The molecule has 6 heteroatoms. The number of fused-ring (bicyclic) bond motifs is 3. The van der Waals surface area contributed by atoms with Crippen molar-refractivity contribution in [3.8, 4) is 21.7 Å². The van der Waals surface area contributed by atoms with Crippen molar-refractivity contribution in [3.63, 3.8) is 0 Å². The zero-order valence-corrected chi connectivity index (χ0v) is 18.2. The van der Waals surface area contributed by atoms with Gasteiger partial charge in [-0.1, -0.05) is 54.6 Å². The summed E-state index contributed by atoms with van der Waals surface area (Å²) in [6.45, 7) is 0. The summed E-state index contributed by atoms with van der Waals surface area (Å²) in [5.74, 6) is 0.559. The molecular weight excluding hydrogens is 426 g/mol. The van der Waals surface area contributed by atoms with Gasteiger partial charge in [0.05, 0.1) is 12.1 Å². The lowest BCUT2D eigenvalue weighted by atomic mass is 10.0. The van der Waals surface area contributed by atoms with Gasteiger partial charge >= 0.3 is 5.97 Å². The van der Waals surface area contributed by atoms with Crippen molar-refractivity contribution in [3.05, 3.63) is 77.8 Å². The number of hydrogen-bond donors (Lipinski definition) is 1. The molecule has 0 fully saturated rings. The number of thiazole rings is 1. The van der Waals surface area contributed by atoms with E-state index >= 15 is 0 Å². The minimum absolute atomic E-state index is 0.178. The molecule has 0 atom stereocenters. The van der Waals surface area contributed by atoms with Crippen molar-refractivity contribution in [2.45, 2.75) is 12.2 Å². The van der Waals surface area contributed by atoms with Crippen LogP contribution in [0.2, 0.25) is 0 Å². The summed E-state index contributed by atoms with van der Waals surface area (Å²) in [6.07, 6.45) is 0.178. The highest BCUT2D eigenvalue weighted by Gasteiger charge is 2.13. The standard InChI is InChI=1S/C25H19NO3S2/c27-23(28)11-12-30-14-18-15-31-25(26-18)17-6-3-5-16(13-17)19-8-4-9-21-20-7-1-2-10-22(20)29-24(19)21/h1-10,13,15H,11-12,14H2,(H,27,28). The number of carboxylic acids is 1. The highest BCUT2D eigenvalue weighted by molar-refractivity contribution is 7.98. The first kappa shape index (κ1) is 19.8. The largest absolute Gasteiger partial charge is 0.481 e. The van der Waals surface area contributed by atoms with Crippen molar-refractivity contribution < 1.29 is 14.3 Å². The second-order valence-electron chi connectivity index (χ2n) is 7.20. The number of thioether (sulfide) groups is 1. The molecule has 4 nitrogen and oxygen atoms in total. The highest BCUT2D eigenvalue weighted by Crippen LogP contribution is 2.37. The van der Waals surface area contributed by atoms with Gasteiger partial charge in [0, 0.05) is 38.8 Å². The van der Waals surface area contributed by atoms with Gasteiger partial charge in [-0.25, -0.2) is 4.98 Å². The second-order valence-corrected chi connectivity index (χ2v) is 9.16. The second kappa shape index (κ2) is 8.57. The Morgan fingerprint density at radius 3 is 2.71 bits per heavy atom. The Bertz CT molecular complexity index is 1390. The van der Waals surface area contributed by atoms with Gasteiger partial charge in [0.25, 0.3) is 0 Å². The molecule has 0 saturated heterocycles. The molecule has 3 aromatic carbocycles. The average Bonchev–Trinajstić information content (AvgIpc) is 3.41. The van der Waals surface area contributed by atoms with Gasteiger partial charge in [0.2, 0.25) is 0 Å². The summed E-state index contributed by atoms with van der Waals surface area (Å²) in [6, 6.07) is 22.8. The lowest BCUT2D eigenvalue weighted by Crippen LogP contribution is -1.96. The van der Waals surface area contributed by atoms with E-state index in [0.29, 0.717) is 5.75 Å². The lowest BCUT2D eigenvalue weighted by Gasteiger charge is -2.05. The van der Waals surface area contributed by atoms with E-state index in [4.69, 9.17) is 14.5 Å². The number of carboxylic acid groups (broad SMARTS) is 1. The molecule has 0 radical (unpaired) electrons. The normalized spacial score (nSPS) is 11.4. The van der Waals surface area contributed by atoms with Crippen LogP contribution < -0.4 is 0 Å². The van der Waals surface area contributed by atoms with Crippen molar-refractivity contribution in [1.82, 2.24) is 4.98 Å². The number of hydrogen-bond acceptors (Lipinski definition) is 5. The third-order valence-corrected chi connectivity index (χ3v) is 7.02. The van der Waals surface area contributed by atoms with Gasteiger partial charge in [-0.05, 0) is 17.7 Å². The number of rotatable bonds is 7. The van der Waals surface area contributed by atoms with E-state index in [1.54, 1.807) is 23.1 Å². The van der Waals surface area contributed by atoms with Crippen molar-refractivity contribution >= 4 is 51.0 Å². The molecule has 0 saturated carbocycles. The van der Waals surface area contributed by atoms with Gasteiger partial charge in [-0.2, -0.15) is 11.8 Å². The topological polar surface area (TPSA) is 63.3 Å². The molecule has 0 aliphatic heterocycles. The molecular formula is C25H19NO3S2. The van der Waals surface area contributed by atoms with E-state index in [1.165, 1.54) is 0 Å². The van der Waals surface area contributed by atoms with Crippen LogP contribution in [0.1, 0.15) is 12.1 Å². The summed E-state index contributed by atoms with van der Waals surface area (Å²) in [7, 11) is 0. The summed E-state index contributed by atoms with van der Waals surface area (Å²) >= 11 is 3.21. The zero-order valence-electron chi connectivity index (χ0n) is 16.6. The third-order valence-electron chi connectivity index (χ3n) is 5.09. The number of benzene rings is 3. The smallest absolute Gasteiger partial charge is 0.304 e. The summed E-state index contributed by atoms with van der Waals surface area (Å²) < 4.78 is 6.20. The number of aliphatic carboxylic acids is 1. The minimum Gasteiger partial charge on any atom is -0.481 e. The maximum atomic E-state index is 10.6. The van der Waals surface area contributed by atoms with Gasteiger partial charge < -0.3 is 9.52 Å². The van der Waals surface area contributed by atoms with Gasteiger partial charge in [-0.15, -0.1) is 11.3 Å². The van der Waals surface area contributed by atoms with Gasteiger partial charge in [0.1, 0.15) is 16.2 Å². The number of carbonyl (C=O) groups is 1. The zero-order chi connectivity index (χ0) is 21.2. The molecule has 2 heterocycles. The van der Waals surface area contributed by atoms with E-state index in [0.717, 1.165) is 55.1 Å².